The van der Waals surface area contributed by atoms with Crippen molar-refractivity contribution in [1.29, 1.82) is 0 Å². The first-order chi connectivity index (χ1) is 11.8. The van der Waals surface area contributed by atoms with Gasteiger partial charge in [0.15, 0.2) is 0 Å². The number of hydrogen-bond acceptors (Lipinski definition) is 6. The summed E-state index contributed by atoms with van der Waals surface area (Å²) in [6.07, 6.45) is 3.43. The number of benzene rings is 1. The highest BCUT2D eigenvalue weighted by molar-refractivity contribution is 6.00. The lowest BCUT2D eigenvalue weighted by atomic mass is 9.74. The summed E-state index contributed by atoms with van der Waals surface area (Å²) in [6.45, 7) is 1.88. The Morgan fingerprint density at radius 3 is 2.12 bits per heavy atom. The third-order valence-corrected chi connectivity index (χ3v) is 4.61. The van der Waals surface area contributed by atoms with E-state index in [0.29, 0.717) is 12.1 Å². The van der Waals surface area contributed by atoms with Crippen molar-refractivity contribution in [1.82, 2.24) is 0 Å². The predicted octanol–water partition coefficient (Wildman–Crippen LogP) is 2.11. The summed E-state index contributed by atoms with van der Waals surface area (Å²) in [4.78, 5) is 36.3. The molecule has 0 spiro atoms. The minimum absolute atomic E-state index is 0.153. The minimum Gasteiger partial charge on any atom is -0.465 e. The first-order valence-electron chi connectivity index (χ1n) is 8.20. The molecule has 2 unspecified atom stereocenters. The lowest BCUT2D eigenvalue weighted by Crippen LogP contribution is -2.51. The van der Waals surface area contributed by atoms with Gasteiger partial charge < -0.3 is 20.5 Å². The first-order valence-corrected chi connectivity index (χ1v) is 8.20. The van der Waals surface area contributed by atoms with Gasteiger partial charge in [-0.25, -0.2) is 9.59 Å². The van der Waals surface area contributed by atoms with Gasteiger partial charge in [-0.1, -0.05) is 12.8 Å². The summed E-state index contributed by atoms with van der Waals surface area (Å²) in [5.41, 5.74) is 6.32. The molecule has 136 valence electrons. The molecule has 3 N–H and O–H groups in total. The van der Waals surface area contributed by atoms with Gasteiger partial charge in [-0.05, 0) is 38.0 Å². The highest BCUT2D eigenvalue weighted by atomic mass is 16.5. The van der Waals surface area contributed by atoms with Crippen molar-refractivity contribution in [3.8, 4) is 0 Å². The number of anilines is 1. The van der Waals surface area contributed by atoms with Crippen LogP contribution in [0.5, 0.6) is 0 Å². The molecular formula is C18H24N2O5. The van der Waals surface area contributed by atoms with Crippen molar-refractivity contribution in [3.05, 3.63) is 29.3 Å². The van der Waals surface area contributed by atoms with Gasteiger partial charge in [-0.2, -0.15) is 0 Å². The van der Waals surface area contributed by atoms with E-state index < -0.39 is 17.5 Å². The zero-order chi connectivity index (χ0) is 18.6. The molecule has 0 bridgehead atoms. The van der Waals surface area contributed by atoms with Crippen molar-refractivity contribution in [2.45, 2.75) is 38.1 Å². The fourth-order valence-corrected chi connectivity index (χ4v) is 3.19. The van der Waals surface area contributed by atoms with Crippen molar-refractivity contribution in [2.75, 3.05) is 19.5 Å². The predicted molar refractivity (Wildman–Crippen MR) is 92.3 cm³/mol. The van der Waals surface area contributed by atoms with Crippen LogP contribution in [-0.2, 0) is 14.3 Å². The van der Waals surface area contributed by atoms with Gasteiger partial charge in [0.25, 0.3) is 0 Å². The van der Waals surface area contributed by atoms with E-state index in [9.17, 15) is 14.4 Å². The first kappa shape index (κ1) is 18.9. The quantitative estimate of drug-likeness (QED) is 0.807. The zero-order valence-corrected chi connectivity index (χ0v) is 14.8. The smallest absolute Gasteiger partial charge is 0.337 e. The van der Waals surface area contributed by atoms with Crippen LogP contribution >= 0.6 is 0 Å². The number of esters is 2. The van der Waals surface area contributed by atoms with E-state index in [0.717, 1.165) is 19.3 Å². The van der Waals surface area contributed by atoms with Gasteiger partial charge in [0.1, 0.15) is 0 Å². The Hall–Kier alpha value is -2.41. The zero-order valence-electron chi connectivity index (χ0n) is 14.8. The molecule has 0 aliphatic heterocycles. The van der Waals surface area contributed by atoms with E-state index in [1.807, 2.05) is 6.92 Å². The van der Waals surface area contributed by atoms with Crippen LogP contribution in [0.25, 0.3) is 0 Å². The number of amides is 1. The number of ether oxygens (including phenoxy) is 2. The summed E-state index contributed by atoms with van der Waals surface area (Å²) in [5.74, 6) is -1.77. The Labute approximate surface area is 146 Å². The average Bonchev–Trinajstić information content (AvgIpc) is 2.59. The van der Waals surface area contributed by atoms with Gasteiger partial charge >= 0.3 is 11.9 Å². The summed E-state index contributed by atoms with van der Waals surface area (Å²) >= 11 is 0. The number of nitrogens with two attached hydrogens (primary N) is 1. The normalized spacial score (nSPS) is 22.8. The van der Waals surface area contributed by atoms with Crippen LogP contribution in [0.3, 0.4) is 0 Å². The average molecular weight is 348 g/mol. The standard InChI is InChI=1S/C18H24N2O5/c1-18(19)7-5-4-6-14(18)15(21)20-13-9-11(16(22)24-2)8-12(10-13)17(23)25-3/h8-10,14H,4-7,19H2,1-3H3,(H,20,21). The summed E-state index contributed by atoms with van der Waals surface area (Å²) in [5, 5.41) is 2.77. The van der Waals surface area contributed by atoms with Gasteiger partial charge in [0.05, 0.1) is 31.3 Å². The Kier molecular flexibility index (Phi) is 5.79. The highest BCUT2D eigenvalue weighted by Crippen LogP contribution is 2.32. The topological polar surface area (TPSA) is 108 Å². The van der Waals surface area contributed by atoms with E-state index >= 15 is 0 Å². The third-order valence-electron chi connectivity index (χ3n) is 4.61. The molecule has 25 heavy (non-hydrogen) atoms. The lowest BCUT2D eigenvalue weighted by molar-refractivity contribution is -0.122. The van der Waals surface area contributed by atoms with Crippen LogP contribution < -0.4 is 11.1 Å². The Morgan fingerprint density at radius 1 is 1.08 bits per heavy atom. The van der Waals surface area contributed by atoms with Gasteiger partial charge in [-0.15, -0.1) is 0 Å². The van der Waals surface area contributed by atoms with E-state index in [2.05, 4.69) is 5.32 Å². The number of hydrogen-bond donors (Lipinski definition) is 2. The number of carbonyl (C=O) groups is 3. The summed E-state index contributed by atoms with van der Waals surface area (Å²) in [6, 6.07) is 4.29. The van der Waals surface area contributed by atoms with Crippen LogP contribution in [0.2, 0.25) is 0 Å². The number of nitrogens with one attached hydrogen (secondary N) is 1. The molecule has 1 saturated carbocycles. The van der Waals surface area contributed by atoms with Crippen molar-refractivity contribution >= 4 is 23.5 Å². The lowest BCUT2D eigenvalue weighted by Gasteiger charge is -2.37. The van der Waals surface area contributed by atoms with Crippen molar-refractivity contribution in [3.63, 3.8) is 0 Å². The largest absolute Gasteiger partial charge is 0.465 e. The van der Waals surface area contributed by atoms with Gasteiger partial charge in [0.2, 0.25) is 5.91 Å². The molecule has 2 atom stereocenters. The van der Waals surface area contributed by atoms with Gasteiger partial charge in [0, 0.05) is 11.2 Å². The van der Waals surface area contributed by atoms with Crippen LogP contribution in [0.15, 0.2) is 18.2 Å². The third kappa shape index (κ3) is 4.36. The second-order valence-electron chi connectivity index (χ2n) is 6.58. The maximum absolute atomic E-state index is 12.7. The molecule has 1 aromatic carbocycles. The molecular weight excluding hydrogens is 324 g/mol. The van der Waals surface area contributed by atoms with Gasteiger partial charge in [-0.3, -0.25) is 4.79 Å². The molecule has 7 heteroatoms. The second-order valence-corrected chi connectivity index (χ2v) is 6.58. The van der Waals surface area contributed by atoms with E-state index in [-0.39, 0.29) is 23.0 Å². The van der Waals surface area contributed by atoms with E-state index in [1.54, 1.807) is 0 Å². The highest BCUT2D eigenvalue weighted by Gasteiger charge is 2.37. The maximum Gasteiger partial charge on any atom is 0.337 e. The van der Waals surface area contributed by atoms with Crippen molar-refractivity contribution in [2.24, 2.45) is 11.7 Å². The van der Waals surface area contributed by atoms with Crippen molar-refractivity contribution < 1.29 is 23.9 Å². The minimum atomic E-state index is -0.609. The van der Waals surface area contributed by atoms with Crippen LogP contribution in [0, 0.1) is 5.92 Å². The summed E-state index contributed by atoms with van der Waals surface area (Å²) in [7, 11) is 2.49. The van der Waals surface area contributed by atoms with E-state index in [1.165, 1.54) is 32.4 Å². The Balaban J connectivity index is 2.29. The van der Waals surface area contributed by atoms with Crippen LogP contribution in [0.1, 0.15) is 53.3 Å². The molecule has 1 aromatic rings. The van der Waals surface area contributed by atoms with E-state index in [4.69, 9.17) is 15.2 Å². The van der Waals surface area contributed by atoms with Crippen LogP contribution in [-0.4, -0.2) is 37.6 Å². The number of carbonyl (C=O) groups excluding carboxylic acids is 3. The molecule has 1 amide bonds. The van der Waals surface area contributed by atoms with Crippen LogP contribution in [0.4, 0.5) is 5.69 Å². The Morgan fingerprint density at radius 2 is 1.64 bits per heavy atom. The molecule has 1 aliphatic carbocycles. The molecule has 2 rings (SSSR count). The fraction of sp³-hybridized carbons (Fsp3) is 0.500. The molecule has 0 radical (unpaired) electrons. The Bertz CT molecular complexity index is 650. The molecule has 0 aromatic heterocycles. The summed E-state index contributed by atoms with van der Waals surface area (Å²) < 4.78 is 9.38. The monoisotopic (exact) mass is 348 g/mol. The maximum atomic E-state index is 12.7. The molecule has 7 nitrogen and oxygen atoms in total. The fourth-order valence-electron chi connectivity index (χ4n) is 3.19. The molecule has 0 heterocycles. The molecule has 1 aliphatic rings. The second kappa shape index (κ2) is 7.65. The molecule has 0 saturated heterocycles. The SMILES string of the molecule is COC(=O)c1cc(NC(=O)C2CCCCC2(C)N)cc(C(=O)OC)c1. The molecule has 1 fully saturated rings. The number of rotatable bonds is 4. The number of methoxy groups -OCH3 is 2.